The Morgan fingerprint density at radius 2 is 2.06 bits per heavy atom. The first-order chi connectivity index (χ1) is 7.72. The highest BCUT2D eigenvalue weighted by Crippen LogP contribution is 2.23. The van der Waals surface area contributed by atoms with Crippen LogP contribution in [0, 0.1) is 0 Å². The van der Waals surface area contributed by atoms with Crippen molar-refractivity contribution < 1.29 is 4.79 Å². The predicted molar refractivity (Wildman–Crippen MR) is 65.2 cm³/mol. The van der Waals surface area contributed by atoms with Crippen molar-refractivity contribution in [2.75, 3.05) is 11.4 Å². The lowest BCUT2D eigenvalue weighted by Gasteiger charge is -2.17. The lowest BCUT2D eigenvalue weighted by Crippen LogP contribution is -2.23. The summed E-state index contributed by atoms with van der Waals surface area (Å²) in [6.45, 7) is 2.92. The molecule has 0 saturated carbocycles. The Balaban J connectivity index is 2.15. The quantitative estimate of drug-likeness (QED) is 0.845. The van der Waals surface area contributed by atoms with Gasteiger partial charge in [0.25, 0.3) is 0 Å². The smallest absolute Gasteiger partial charge is 0.227 e. The second-order valence-electron chi connectivity index (χ2n) is 4.26. The number of carbonyl (C=O) groups excluding carboxylic acids is 1. The van der Waals surface area contributed by atoms with Gasteiger partial charge in [0.1, 0.15) is 0 Å². The summed E-state index contributed by atoms with van der Waals surface area (Å²) in [5, 5.41) is 0. The van der Waals surface area contributed by atoms with Crippen molar-refractivity contribution in [1.82, 2.24) is 0 Å². The van der Waals surface area contributed by atoms with Crippen LogP contribution in [0.15, 0.2) is 24.3 Å². The SMILES string of the molecule is CC[C@@H](N)c1ccc(N2CCCC2=O)cc1. The molecule has 1 aliphatic heterocycles. The molecule has 16 heavy (non-hydrogen) atoms. The number of hydrogen-bond donors (Lipinski definition) is 1. The fourth-order valence-corrected chi connectivity index (χ4v) is 2.06. The van der Waals surface area contributed by atoms with E-state index in [1.807, 2.05) is 29.2 Å². The van der Waals surface area contributed by atoms with E-state index in [1.165, 1.54) is 0 Å². The van der Waals surface area contributed by atoms with Crippen LogP contribution in [-0.2, 0) is 4.79 Å². The zero-order valence-electron chi connectivity index (χ0n) is 9.65. The number of nitrogens with two attached hydrogens (primary N) is 1. The lowest BCUT2D eigenvalue weighted by molar-refractivity contribution is -0.117. The van der Waals surface area contributed by atoms with Crippen LogP contribution in [0.3, 0.4) is 0 Å². The van der Waals surface area contributed by atoms with Crippen molar-refractivity contribution in [3.8, 4) is 0 Å². The maximum atomic E-state index is 11.6. The number of anilines is 1. The van der Waals surface area contributed by atoms with E-state index in [0.717, 1.165) is 30.6 Å². The van der Waals surface area contributed by atoms with Gasteiger partial charge in [0, 0.05) is 24.7 Å². The minimum Gasteiger partial charge on any atom is -0.324 e. The van der Waals surface area contributed by atoms with Crippen LogP contribution in [-0.4, -0.2) is 12.5 Å². The van der Waals surface area contributed by atoms with Crippen LogP contribution in [0.4, 0.5) is 5.69 Å². The summed E-state index contributed by atoms with van der Waals surface area (Å²) in [4.78, 5) is 13.4. The van der Waals surface area contributed by atoms with E-state index >= 15 is 0 Å². The summed E-state index contributed by atoms with van der Waals surface area (Å²) in [5.74, 6) is 0.229. The van der Waals surface area contributed by atoms with Crippen molar-refractivity contribution in [1.29, 1.82) is 0 Å². The van der Waals surface area contributed by atoms with Crippen molar-refractivity contribution in [3.05, 3.63) is 29.8 Å². The zero-order valence-corrected chi connectivity index (χ0v) is 9.65. The van der Waals surface area contributed by atoms with E-state index in [-0.39, 0.29) is 11.9 Å². The largest absolute Gasteiger partial charge is 0.324 e. The molecule has 0 aliphatic carbocycles. The average Bonchev–Trinajstić information content (AvgIpc) is 2.75. The predicted octanol–water partition coefficient (Wildman–Crippen LogP) is 2.22. The number of benzene rings is 1. The third kappa shape index (κ3) is 2.09. The van der Waals surface area contributed by atoms with Gasteiger partial charge in [0.15, 0.2) is 0 Å². The van der Waals surface area contributed by atoms with Crippen molar-refractivity contribution in [2.45, 2.75) is 32.2 Å². The summed E-state index contributed by atoms with van der Waals surface area (Å²) < 4.78 is 0. The average molecular weight is 218 g/mol. The molecule has 3 heteroatoms. The van der Waals surface area contributed by atoms with Gasteiger partial charge in [-0.2, -0.15) is 0 Å². The Hall–Kier alpha value is -1.35. The molecule has 0 bridgehead atoms. The molecule has 0 spiro atoms. The first kappa shape index (κ1) is 11.1. The number of nitrogens with zero attached hydrogens (tertiary/aromatic N) is 1. The van der Waals surface area contributed by atoms with Gasteiger partial charge < -0.3 is 10.6 Å². The molecule has 1 amide bonds. The summed E-state index contributed by atoms with van der Waals surface area (Å²) in [7, 11) is 0. The molecule has 1 saturated heterocycles. The minimum atomic E-state index is 0.100. The lowest BCUT2D eigenvalue weighted by atomic mass is 10.1. The molecule has 1 aliphatic rings. The highest BCUT2D eigenvalue weighted by Gasteiger charge is 2.21. The molecule has 1 heterocycles. The normalized spacial score (nSPS) is 17.9. The van der Waals surface area contributed by atoms with E-state index in [1.54, 1.807) is 0 Å². The van der Waals surface area contributed by atoms with Crippen LogP contribution in [0.5, 0.6) is 0 Å². The molecule has 1 aromatic rings. The van der Waals surface area contributed by atoms with Crippen molar-refractivity contribution in [2.24, 2.45) is 5.73 Å². The van der Waals surface area contributed by atoms with E-state index < -0.39 is 0 Å². The van der Waals surface area contributed by atoms with Crippen molar-refractivity contribution in [3.63, 3.8) is 0 Å². The van der Waals surface area contributed by atoms with Crippen molar-refractivity contribution >= 4 is 11.6 Å². The third-order valence-electron chi connectivity index (χ3n) is 3.15. The highest BCUT2D eigenvalue weighted by atomic mass is 16.2. The van der Waals surface area contributed by atoms with Gasteiger partial charge in [0.2, 0.25) is 5.91 Å². The van der Waals surface area contributed by atoms with Gasteiger partial charge in [-0.15, -0.1) is 0 Å². The Morgan fingerprint density at radius 1 is 1.38 bits per heavy atom. The second kappa shape index (κ2) is 4.66. The van der Waals surface area contributed by atoms with Crippen LogP contribution >= 0.6 is 0 Å². The van der Waals surface area contributed by atoms with E-state index in [4.69, 9.17) is 5.73 Å². The molecule has 0 radical (unpaired) electrons. The number of amides is 1. The molecule has 1 aromatic carbocycles. The number of carbonyl (C=O) groups is 1. The third-order valence-corrected chi connectivity index (χ3v) is 3.15. The Labute approximate surface area is 96.2 Å². The summed E-state index contributed by atoms with van der Waals surface area (Å²) in [5.41, 5.74) is 8.08. The van der Waals surface area contributed by atoms with Gasteiger partial charge in [-0.1, -0.05) is 19.1 Å². The highest BCUT2D eigenvalue weighted by molar-refractivity contribution is 5.95. The molecule has 1 atom stereocenters. The zero-order chi connectivity index (χ0) is 11.5. The van der Waals surface area contributed by atoms with Crippen LogP contribution < -0.4 is 10.6 Å². The number of hydrogen-bond acceptors (Lipinski definition) is 2. The van der Waals surface area contributed by atoms with Crippen LogP contribution in [0.2, 0.25) is 0 Å². The van der Waals surface area contributed by atoms with E-state index in [9.17, 15) is 4.79 Å². The van der Waals surface area contributed by atoms with E-state index in [0.29, 0.717) is 6.42 Å². The summed E-state index contributed by atoms with van der Waals surface area (Å²) in [6.07, 6.45) is 2.58. The fraction of sp³-hybridized carbons (Fsp3) is 0.462. The Bertz CT molecular complexity index is 372. The summed E-state index contributed by atoms with van der Waals surface area (Å²) in [6, 6.07) is 8.13. The molecule has 3 nitrogen and oxygen atoms in total. The molecule has 0 aromatic heterocycles. The molecule has 1 fully saturated rings. The number of rotatable bonds is 3. The van der Waals surface area contributed by atoms with Gasteiger partial charge in [-0.05, 0) is 30.5 Å². The fourth-order valence-electron chi connectivity index (χ4n) is 2.06. The molecule has 86 valence electrons. The van der Waals surface area contributed by atoms with Crippen LogP contribution in [0.25, 0.3) is 0 Å². The van der Waals surface area contributed by atoms with Crippen LogP contribution in [0.1, 0.15) is 37.8 Å². The summed E-state index contributed by atoms with van der Waals surface area (Å²) >= 11 is 0. The van der Waals surface area contributed by atoms with E-state index in [2.05, 4.69) is 6.92 Å². The second-order valence-corrected chi connectivity index (χ2v) is 4.26. The maximum absolute atomic E-state index is 11.6. The van der Waals surface area contributed by atoms with Gasteiger partial charge in [-0.3, -0.25) is 4.79 Å². The van der Waals surface area contributed by atoms with Gasteiger partial charge in [-0.25, -0.2) is 0 Å². The molecule has 0 unspecified atom stereocenters. The Morgan fingerprint density at radius 3 is 2.56 bits per heavy atom. The minimum absolute atomic E-state index is 0.100. The molecular weight excluding hydrogens is 200 g/mol. The monoisotopic (exact) mass is 218 g/mol. The topological polar surface area (TPSA) is 46.3 Å². The standard InChI is InChI=1S/C13H18N2O/c1-2-12(14)10-5-7-11(8-6-10)15-9-3-4-13(15)16/h5-8,12H,2-4,9,14H2,1H3/t12-/m1/s1. The Kier molecular flexibility index (Phi) is 3.25. The maximum Gasteiger partial charge on any atom is 0.227 e. The van der Waals surface area contributed by atoms with Gasteiger partial charge >= 0.3 is 0 Å². The first-order valence-corrected chi connectivity index (χ1v) is 5.88. The molecular formula is C13H18N2O. The molecule has 2 N–H and O–H groups in total. The molecule has 2 rings (SSSR count). The van der Waals surface area contributed by atoms with Gasteiger partial charge in [0.05, 0.1) is 0 Å². The first-order valence-electron chi connectivity index (χ1n) is 5.88.